The first kappa shape index (κ1) is 12.6. The van der Waals surface area contributed by atoms with Gasteiger partial charge in [0.15, 0.2) is 0 Å². The molecule has 0 bridgehead atoms. The number of nitrogens with zero attached hydrogens (tertiary/aromatic N) is 1. The maximum absolute atomic E-state index is 12.2. The van der Waals surface area contributed by atoms with Gasteiger partial charge in [0.25, 0.3) is 5.91 Å². The SMILES string of the molecule is O=C(O)c1ccccc1C(=O)N1CCC(O)CC1. The highest BCUT2D eigenvalue weighted by atomic mass is 16.4. The lowest BCUT2D eigenvalue weighted by Crippen LogP contribution is -2.40. The third kappa shape index (κ3) is 2.51. The quantitative estimate of drug-likeness (QED) is 0.819. The Labute approximate surface area is 105 Å². The van der Waals surface area contributed by atoms with Crippen molar-refractivity contribution in [2.75, 3.05) is 13.1 Å². The molecule has 1 aliphatic heterocycles. The lowest BCUT2D eigenvalue weighted by molar-refractivity contribution is 0.0536. The smallest absolute Gasteiger partial charge is 0.336 e. The van der Waals surface area contributed by atoms with Crippen LogP contribution in [0, 0.1) is 0 Å². The fourth-order valence-electron chi connectivity index (χ4n) is 2.10. The molecule has 5 nitrogen and oxygen atoms in total. The molecule has 96 valence electrons. The van der Waals surface area contributed by atoms with Gasteiger partial charge in [-0.3, -0.25) is 4.79 Å². The summed E-state index contributed by atoms with van der Waals surface area (Å²) in [5.74, 6) is -1.38. The Morgan fingerprint density at radius 3 is 2.22 bits per heavy atom. The molecular weight excluding hydrogens is 234 g/mol. The maximum Gasteiger partial charge on any atom is 0.336 e. The van der Waals surface area contributed by atoms with Crippen LogP contribution < -0.4 is 0 Å². The van der Waals surface area contributed by atoms with Gasteiger partial charge in [-0.1, -0.05) is 12.1 Å². The van der Waals surface area contributed by atoms with Crippen molar-refractivity contribution in [1.29, 1.82) is 0 Å². The fourth-order valence-corrected chi connectivity index (χ4v) is 2.10. The number of benzene rings is 1. The highest BCUT2D eigenvalue weighted by molar-refractivity contribution is 6.04. The van der Waals surface area contributed by atoms with Crippen molar-refractivity contribution >= 4 is 11.9 Å². The van der Waals surface area contributed by atoms with Crippen LogP contribution in [0.5, 0.6) is 0 Å². The van der Waals surface area contributed by atoms with E-state index in [9.17, 15) is 14.7 Å². The summed E-state index contributed by atoms with van der Waals surface area (Å²) in [5.41, 5.74) is 0.231. The topological polar surface area (TPSA) is 77.8 Å². The highest BCUT2D eigenvalue weighted by Gasteiger charge is 2.25. The van der Waals surface area contributed by atoms with E-state index in [-0.39, 0.29) is 23.1 Å². The number of aliphatic hydroxyl groups excluding tert-OH is 1. The zero-order valence-electron chi connectivity index (χ0n) is 9.87. The van der Waals surface area contributed by atoms with Crippen LogP contribution in [0.3, 0.4) is 0 Å². The van der Waals surface area contributed by atoms with Gasteiger partial charge in [0, 0.05) is 13.1 Å². The summed E-state index contributed by atoms with van der Waals surface area (Å²) in [4.78, 5) is 24.9. The van der Waals surface area contributed by atoms with E-state index in [1.165, 1.54) is 12.1 Å². The van der Waals surface area contributed by atoms with E-state index >= 15 is 0 Å². The van der Waals surface area contributed by atoms with Crippen molar-refractivity contribution in [2.45, 2.75) is 18.9 Å². The third-order valence-electron chi connectivity index (χ3n) is 3.14. The molecule has 0 aliphatic carbocycles. The summed E-state index contributed by atoms with van der Waals surface area (Å²) in [6.07, 6.45) is 0.728. The molecule has 1 aromatic carbocycles. The van der Waals surface area contributed by atoms with Crippen LogP contribution in [0.1, 0.15) is 33.6 Å². The standard InChI is InChI=1S/C13H15NO4/c15-9-5-7-14(8-6-9)12(16)10-3-1-2-4-11(10)13(17)18/h1-4,9,15H,5-8H2,(H,17,18). The van der Waals surface area contributed by atoms with E-state index in [1.54, 1.807) is 17.0 Å². The Morgan fingerprint density at radius 2 is 1.67 bits per heavy atom. The molecule has 0 radical (unpaired) electrons. The summed E-state index contributed by atoms with van der Waals surface area (Å²) in [6.45, 7) is 0.932. The van der Waals surface area contributed by atoms with Gasteiger partial charge in [0.1, 0.15) is 0 Å². The second-order valence-corrected chi connectivity index (χ2v) is 4.37. The lowest BCUT2D eigenvalue weighted by Gasteiger charge is -2.29. The molecule has 1 aliphatic rings. The number of hydrogen-bond acceptors (Lipinski definition) is 3. The van der Waals surface area contributed by atoms with Gasteiger partial charge in [-0.05, 0) is 25.0 Å². The van der Waals surface area contributed by atoms with E-state index in [0.717, 1.165) is 0 Å². The Bertz CT molecular complexity index is 464. The van der Waals surface area contributed by atoms with Gasteiger partial charge in [-0.2, -0.15) is 0 Å². The number of rotatable bonds is 2. The molecule has 5 heteroatoms. The zero-order valence-corrected chi connectivity index (χ0v) is 9.87. The molecule has 0 unspecified atom stereocenters. The highest BCUT2D eigenvalue weighted by Crippen LogP contribution is 2.16. The van der Waals surface area contributed by atoms with E-state index in [2.05, 4.69) is 0 Å². The summed E-state index contributed by atoms with van der Waals surface area (Å²) in [6, 6.07) is 6.20. The third-order valence-corrected chi connectivity index (χ3v) is 3.14. The number of piperidine rings is 1. The number of aliphatic hydroxyl groups is 1. The maximum atomic E-state index is 12.2. The fraction of sp³-hybridized carbons (Fsp3) is 0.385. The molecule has 0 atom stereocenters. The Kier molecular flexibility index (Phi) is 3.62. The summed E-state index contributed by atoms with van der Waals surface area (Å²) in [5, 5.41) is 18.4. The largest absolute Gasteiger partial charge is 0.478 e. The number of likely N-dealkylation sites (tertiary alicyclic amines) is 1. The number of amides is 1. The summed E-state index contributed by atoms with van der Waals surface area (Å²) in [7, 11) is 0. The molecule has 1 amide bonds. The molecular formula is C13H15NO4. The van der Waals surface area contributed by atoms with Gasteiger partial charge in [0.2, 0.25) is 0 Å². The summed E-state index contributed by atoms with van der Waals surface area (Å²) >= 11 is 0. The average molecular weight is 249 g/mol. The molecule has 1 fully saturated rings. The van der Waals surface area contributed by atoms with Crippen molar-refractivity contribution in [2.24, 2.45) is 0 Å². The number of aromatic carboxylic acids is 1. The number of carboxylic acids is 1. The predicted octanol–water partition coefficient (Wildman–Crippen LogP) is 0.982. The Hall–Kier alpha value is -1.88. The van der Waals surface area contributed by atoms with Gasteiger partial charge in [-0.15, -0.1) is 0 Å². The minimum absolute atomic E-state index is 0.0219. The molecule has 2 rings (SSSR count). The Morgan fingerprint density at radius 1 is 1.11 bits per heavy atom. The van der Waals surface area contributed by atoms with E-state index in [1.807, 2.05) is 0 Å². The normalized spacial score (nSPS) is 16.6. The Balaban J connectivity index is 2.21. The molecule has 0 aromatic heterocycles. The van der Waals surface area contributed by atoms with Crippen molar-refractivity contribution in [3.8, 4) is 0 Å². The monoisotopic (exact) mass is 249 g/mol. The van der Waals surface area contributed by atoms with Crippen LogP contribution in [0.15, 0.2) is 24.3 Å². The van der Waals surface area contributed by atoms with E-state index in [0.29, 0.717) is 25.9 Å². The average Bonchev–Trinajstić information content (AvgIpc) is 2.39. The van der Waals surface area contributed by atoms with Gasteiger partial charge >= 0.3 is 5.97 Å². The second-order valence-electron chi connectivity index (χ2n) is 4.37. The van der Waals surface area contributed by atoms with Crippen LogP contribution in [-0.2, 0) is 0 Å². The lowest BCUT2D eigenvalue weighted by atomic mass is 10.0. The second kappa shape index (κ2) is 5.18. The van der Waals surface area contributed by atoms with Crippen molar-refractivity contribution in [1.82, 2.24) is 4.90 Å². The first-order valence-corrected chi connectivity index (χ1v) is 5.89. The minimum Gasteiger partial charge on any atom is -0.478 e. The van der Waals surface area contributed by atoms with Crippen LogP contribution in [-0.4, -0.2) is 46.2 Å². The van der Waals surface area contributed by atoms with Crippen LogP contribution >= 0.6 is 0 Å². The first-order chi connectivity index (χ1) is 8.59. The van der Waals surface area contributed by atoms with Crippen LogP contribution in [0.4, 0.5) is 0 Å². The number of hydrogen-bond donors (Lipinski definition) is 2. The van der Waals surface area contributed by atoms with E-state index < -0.39 is 5.97 Å². The van der Waals surface area contributed by atoms with Crippen molar-refractivity contribution < 1.29 is 19.8 Å². The molecule has 1 saturated heterocycles. The predicted molar refractivity (Wildman–Crippen MR) is 64.5 cm³/mol. The van der Waals surface area contributed by atoms with Crippen LogP contribution in [0.2, 0.25) is 0 Å². The molecule has 0 saturated carbocycles. The molecule has 18 heavy (non-hydrogen) atoms. The van der Waals surface area contributed by atoms with Crippen molar-refractivity contribution in [3.63, 3.8) is 0 Å². The van der Waals surface area contributed by atoms with Gasteiger partial charge in [0.05, 0.1) is 17.2 Å². The molecule has 1 aromatic rings. The molecule has 2 N–H and O–H groups in total. The molecule has 0 spiro atoms. The van der Waals surface area contributed by atoms with Crippen LogP contribution in [0.25, 0.3) is 0 Å². The van der Waals surface area contributed by atoms with Gasteiger partial charge in [-0.25, -0.2) is 4.79 Å². The first-order valence-electron chi connectivity index (χ1n) is 5.89. The molecule has 1 heterocycles. The minimum atomic E-state index is -1.10. The van der Waals surface area contributed by atoms with Crippen molar-refractivity contribution in [3.05, 3.63) is 35.4 Å². The van der Waals surface area contributed by atoms with E-state index in [4.69, 9.17) is 5.11 Å². The number of carbonyl (C=O) groups is 2. The zero-order chi connectivity index (χ0) is 13.1. The summed E-state index contributed by atoms with van der Waals surface area (Å²) < 4.78 is 0. The number of carboxylic acid groups (broad SMARTS) is 1. The number of carbonyl (C=O) groups excluding carboxylic acids is 1. The van der Waals surface area contributed by atoms with Gasteiger partial charge < -0.3 is 15.1 Å².